The fraction of sp³-hybridized carbons (Fsp3) is 0.500. The Bertz CT molecular complexity index is 703. The van der Waals surface area contributed by atoms with Crippen LogP contribution in [0.3, 0.4) is 0 Å². The molecule has 2 heterocycles. The quantitative estimate of drug-likeness (QED) is 0.875. The molecule has 1 aromatic heterocycles. The van der Waals surface area contributed by atoms with Gasteiger partial charge in [-0.25, -0.2) is 17.7 Å². The van der Waals surface area contributed by atoms with Crippen molar-refractivity contribution >= 4 is 21.7 Å². The van der Waals surface area contributed by atoms with Gasteiger partial charge in [0.05, 0.1) is 11.3 Å². The molecule has 1 saturated heterocycles. The molecule has 0 radical (unpaired) electrons. The Hall–Kier alpha value is -1.84. The minimum atomic E-state index is -4.63. The van der Waals surface area contributed by atoms with E-state index in [4.69, 9.17) is 0 Å². The van der Waals surface area contributed by atoms with Gasteiger partial charge in [-0.3, -0.25) is 4.79 Å². The van der Waals surface area contributed by atoms with Gasteiger partial charge < -0.3 is 5.32 Å². The van der Waals surface area contributed by atoms with Crippen molar-refractivity contribution < 1.29 is 26.4 Å². The summed E-state index contributed by atoms with van der Waals surface area (Å²) in [5.74, 6) is -1.29. The minimum absolute atomic E-state index is 0.00101. The van der Waals surface area contributed by atoms with Crippen LogP contribution in [0, 0.1) is 6.92 Å². The van der Waals surface area contributed by atoms with Gasteiger partial charge in [-0.05, 0) is 25.5 Å². The second-order valence-electron chi connectivity index (χ2n) is 4.88. The number of nitrogens with zero attached hydrogens (tertiary/aromatic N) is 2. The van der Waals surface area contributed by atoms with Crippen molar-refractivity contribution in [2.75, 3.05) is 17.1 Å². The number of aryl methyl sites for hydroxylation is 1. The van der Waals surface area contributed by atoms with E-state index in [-0.39, 0.29) is 17.9 Å². The smallest absolute Gasteiger partial charge is 0.357 e. The Morgan fingerprint density at radius 1 is 1.41 bits per heavy atom. The molecule has 1 aliphatic heterocycles. The number of pyridine rings is 1. The van der Waals surface area contributed by atoms with E-state index in [0.717, 1.165) is 6.07 Å². The third-order valence-electron chi connectivity index (χ3n) is 3.27. The monoisotopic (exact) mass is 337 g/mol. The summed E-state index contributed by atoms with van der Waals surface area (Å²) in [4.78, 5) is 15.6. The Morgan fingerprint density at radius 3 is 2.59 bits per heavy atom. The van der Waals surface area contributed by atoms with Crippen LogP contribution in [0.15, 0.2) is 12.1 Å². The van der Waals surface area contributed by atoms with E-state index in [2.05, 4.69) is 10.3 Å². The molecular formula is C12H14F3N3O3S. The van der Waals surface area contributed by atoms with Crippen LogP contribution in [0.1, 0.15) is 17.7 Å². The molecule has 1 atom stereocenters. The third-order valence-corrected chi connectivity index (χ3v) is 5.07. The predicted molar refractivity (Wildman–Crippen MR) is 72.7 cm³/mol. The van der Waals surface area contributed by atoms with E-state index in [0.29, 0.717) is 10.4 Å². The molecule has 0 saturated carbocycles. The number of carbonyl (C=O) groups is 1. The molecular weight excluding hydrogens is 323 g/mol. The fourth-order valence-corrected chi connectivity index (χ4v) is 3.99. The first kappa shape index (κ1) is 16.5. The van der Waals surface area contributed by atoms with Crippen LogP contribution in [-0.2, 0) is 21.0 Å². The number of hydrogen-bond acceptors (Lipinski definition) is 4. The van der Waals surface area contributed by atoms with Gasteiger partial charge in [0.1, 0.15) is 11.9 Å². The molecule has 1 unspecified atom stereocenters. The molecule has 0 aromatic carbocycles. The lowest BCUT2D eigenvalue weighted by Gasteiger charge is -2.24. The first-order valence-electron chi connectivity index (χ1n) is 6.36. The number of halogens is 3. The maximum atomic E-state index is 12.9. The third kappa shape index (κ3) is 3.01. The van der Waals surface area contributed by atoms with Crippen LogP contribution in [0.2, 0.25) is 0 Å². The predicted octanol–water partition coefficient (Wildman–Crippen LogP) is 1.06. The second kappa shape index (κ2) is 5.41. The Labute approximate surface area is 125 Å². The normalized spacial score (nSPS) is 21.0. The van der Waals surface area contributed by atoms with Crippen LogP contribution in [0.4, 0.5) is 19.0 Å². The van der Waals surface area contributed by atoms with Crippen LogP contribution < -0.4 is 9.62 Å². The Morgan fingerprint density at radius 2 is 2.05 bits per heavy atom. The molecule has 6 nitrogen and oxygen atoms in total. The number of carbonyl (C=O) groups excluding carboxylic acids is 1. The summed E-state index contributed by atoms with van der Waals surface area (Å²) in [5.41, 5.74) is -0.990. The molecule has 22 heavy (non-hydrogen) atoms. The zero-order valence-electron chi connectivity index (χ0n) is 11.8. The summed E-state index contributed by atoms with van der Waals surface area (Å²) in [6.07, 6.45) is -4.63. The lowest BCUT2D eigenvalue weighted by Crippen LogP contribution is -2.44. The number of sulfonamides is 1. The molecule has 1 N–H and O–H groups in total. The van der Waals surface area contributed by atoms with Gasteiger partial charge in [0, 0.05) is 12.7 Å². The van der Waals surface area contributed by atoms with E-state index in [9.17, 15) is 26.4 Å². The zero-order valence-corrected chi connectivity index (χ0v) is 12.6. The van der Waals surface area contributed by atoms with E-state index in [1.807, 2.05) is 0 Å². The molecule has 0 bridgehead atoms. The number of amides is 1. The van der Waals surface area contributed by atoms with Gasteiger partial charge in [0.25, 0.3) is 0 Å². The Balaban J connectivity index is 2.57. The lowest BCUT2D eigenvalue weighted by atomic mass is 10.2. The molecule has 122 valence electrons. The average Bonchev–Trinajstić information content (AvgIpc) is 2.71. The van der Waals surface area contributed by atoms with E-state index >= 15 is 0 Å². The van der Waals surface area contributed by atoms with Gasteiger partial charge >= 0.3 is 6.18 Å². The molecule has 1 aromatic rings. The highest BCUT2D eigenvalue weighted by Gasteiger charge is 2.43. The molecule has 10 heteroatoms. The second-order valence-corrected chi connectivity index (χ2v) is 6.85. The number of nitrogens with one attached hydrogen (secondary N) is 1. The lowest BCUT2D eigenvalue weighted by molar-refractivity contribution is -0.137. The molecule has 2 rings (SSSR count). The highest BCUT2D eigenvalue weighted by Crippen LogP contribution is 2.34. The summed E-state index contributed by atoms with van der Waals surface area (Å²) in [5, 5.41) is 2.31. The van der Waals surface area contributed by atoms with Gasteiger partial charge in [-0.1, -0.05) is 0 Å². The molecule has 1 fully saturated rings. The topological polar surface area (TPSA) is 79.4 Å². The Kier molecular flexibility index (Phi) is 4.07. The summed E-state index contributed by atoms with van der Waals surface area (Å²) < 4.78 is 63.5. The van der Waals surface area contributed by atoms with Gasteiger partial charge in [-0.2, -0.15) is 13.2 Å². The van der Waals surface area contributed by atoms with Crippen LogP contribution in [-0.4, -0.2) is 38.2 Å². The maximum Gasteiger partial charge on any atom is 0.416 e. The number of hydrogen-bond donors (Lipinski definition) is 1. The molecule has 0 aliphatic carbocycles. The van der Waals surface area contributed by atoms with E-state index in [1.54, 1.807) is 0 Å². The van der Waals surface area contributed by atoms with Crippen molar-refractivity contribution in [3.05, 3.63) is 23.4 Å². The highest BCUT2D eigenvalue weighted by molar-refractivity contribution is 7.93. The first-order valence-corrected chi connectivity index (χ1v) is 7.97. The minimum Gasteiger partial charge on any atom is -0.357 e. The van der Waals surface area contributed by atoms with Gasteiger partial charge in [0.15, 0.2) is 0 Å². The van der Waals surface area contributed by atoms with Crippen molar-refractivity contribution in [3.63, 3.8) is 0 Å². The number of likely N-dealkylation sites (N-methyl/N-ethyl adjacent to an activating group) is 1. The molecule has 0 spiro atoms. The number of alkyl halides is 3. The van der Waals surface area contributed by atoms with Gasteiger partial charge in [0.2, 0.25) is 15.9 Å². The van der Waals surface area contributed by atoms with Gasteiger partial charge in [-0.15, -0.1) is 0 Å². The first-order chi connectivity index (χ1) is 10.1. The van der Waals surface area contributed by atoms with E-state index < -0.39 is 39.5 Å². The number of rotatable bonds is 2. The van der Waals surface area contributed by atoms with Crippen LogP contribution in [0.5, 0.6) is 0 Å². The summed E-state index contributed by atoms with van der Waals surface area (Å²) >= 11 is 0. The highest BCUT2D eigenvalue weighted by atomic mass is 32.2. The SMILES string of the molecule is CNC(=O)C1CCS(=O)(=O)N1c1cc(C(F)(F)F)cc(C)n1. The molecule has 1 aliphatic rings. The van der Waals surface area contributed by atoms with Crippen molar-refractivity contribution in [1.29, 1.82) is 0 Å². The van der Waals surface area contributed by atoms with E-state index in [1.165, 1.54) is 14.0 Å². The maximum absolute atomic E-state index is 12.9. The van der Waals surface area contributed by atoms with Crippen LogP contribution in [0.25, 0.3) is 0 Å². The number of anilines is 1. The van der Waals surface area contributed by atoms with Crippen molar-refractivity contribution in [2.45, 2.75) is 25.6 Å². The van der Waals surface area contributed by atoms with Crippen LogP contribution >= 0.6 is 0 Å². The zero-order chi connectivity index (χ0) is 16.7. The van der Waals surface area contributed by atoms with Crippen molar-refractivity contribution in [3.8, 4) is 0 Å². The molecule has 1 amide bonds. The van der Waals surface area contributed by atoms with Crippen molar-refractivity contribution in [1.82, 2.24) is 10.3 Å². The largest absolute Gasteiger partial charge is 0.416 e. The fourth-order valence-electron chi connectivity index (χ4n) is 2.30. The summed E-state index contributed by atoms with van der Waals surface area (Å²) in [6, 6.07) is 0.373. The average molecular weight is 337 g/mol. The number of aromatic nitrogens is 1. The standard InChI is InChI=1S/C12H14F3N3O3S/c1-7-5-8(12(13,14)15)6-10(17-7)18-9(11(19)16-2)3-4-22(18,20)21/h5-6,9H,3-4H2,1-2H3,(H,16,19). The van der Waals surface area contributed by atoms with Crippen molar-refractivity contribution in [2.24, 2.45) is 0 Å². The summed E-state index contributed by atoms with van der Waals surface area (Å²) in [6.45, 7) is 1.33. The summed E-state index contributed by atoms with van der Waals surface area (Å²) in [7, 11) is -2.55.